The minimum Gasteiger partial charge on any atom is -0.339 e. The predicted molar refractivity (Wildman–Crippen MR) is 87.7 cm³/mol. The van der Waals surface area contributed by atoms with Crippen LogP contribution in [0.1, 0.15) is 47.9 Å². The van der Waals surface area contributed by atoms with Gasteiger partial charge in [-0.1, -0.05) is 28.1 Å². The molecule has 0 saturated heterocycles. The summed E-state index contributed by atoms with van der Waals surface area (Å²) in [4.78, 5) is 4.45. The molecule has 0 unspecified atom stereocenters. The lowest BCUT2D eigenvalue weighted by Gasteiger charge is -2.34. The molecule has 0 bridgehead atoms. The van der Waals surface area contributed by atoms with Crippen molar-refractivity contribution in [2.24, 2.45) is 5.73 Å². The SMILES string of the molecule is Cc1ccc(-n2nnc(Cc3nc(C4(N)CCC4)no3)c2C)cc1. The third-order valence-electron chi connectivity index (χ3n) is 4.75. The topological polar surface area (TPSA) is 95.7 Å². The Bertz CT molecular complexity index is 860. The first kappa shape index (κ1) is 15.0. The van der Waals surface area contributed by atoms with Gasteiger partial charge >= 0.3 is 0 Å². The number of nitrogens with zero attached hydrogens (tertiary/aromatic N) is 5. The highest BCUT2D eigenvalue weighted by Crippen LogP contribution is 2.36. The number of rotatable bonds is 4. The molecule has 2 heterocycles. The van der Waals surface area contributed by atoms with Gasteiger partial charge in [-0.05, 0) is 45.2 Å². The Kier molecular flexibility index (Phi) is 3.45. The van der Waals surface area contributed by atoms with Crippen LogP contribution < -0.4 is 5.73 Å². The van der Waals surface area contributed by atoms with E-state index in [-0.39, 0.29) is 0 Å². The summed E-state index contributed by atoms with van der Waals surface area (Å²) in [7, 11) is 0. The van der Waals surface area contributed by atoms with E-state index in [0.29, 0.717) is 18.1 Å². The van der Waals surface area contributed by atoms with Gasteiger partial charge in [-0.15, -0.1) is 5.10 Å². The summed E-state index contributed by atoms with van der Waals surface area (Å²) in [6, 6.07) is 8.17. The zero-order valence-electron chi connectivity index (χ0n) is 13.9. The molecule has 0 atom stereocenters. The van der Waals surface area contributed by atoms with Crippen LogP contribution in [0.25, 0.3) is 5.69 Å². The molecule has 1 aliphatic carbocycles. The molecule has 4 rings (SSSR count). The fraction of sp³-hybridized carbons (Fsp3) is 0.412. The Labute approximate surface area is 139 Å². The van der Waals surface area contributed by atoms with E-state index in [4.69, 9.17) is 10.3 Å². The highest BCUT2D eigenvalue weighted by Gasteiger charge is 2.39. The van der Waals surface area contributed by atoms with Gasteiger partial charge in [0.05, 0.1) is 29.0 Å². The Morgan fingerprint density at radius 1 is 1.21 bits per heavy atom. The summed E-state index contributed by atoms with van der Waals surface area (Å²) < 4.78 is 7.18. The Balaban J connectivity index is 1.56. The van der Waals surface area contributed by atoms with Gasteiger partial charge in [-0.3, -0.25) is 0 Å². The minimum atomic E-state index is -0.406. The van der Waals surface area contributed by atoms with E-state index < -0.39 is 5.54 Å². The molecular weight excluding hydrogens is 304 g/mol. The van der Waals surface area contributed by atoms with E-state index in [1.165, 1.54) is 5.56 Å². The number of hydrogen-bond donors (Lipinski definition) is 1. The summed E-state index contributed by atoms with van der Waals surface area (Å²) in [6.45, 7) is 4.05. The molecule has 3 aromatic rings. The lowest BCUT2D eigenvalue weighted by molar-refractivity contribution is 0.229. The second kappa shape index (κ2) is 5.52. The Hall–Kier alpha value is -2.54. The van der Waals surface area contributed by atoms with Crippen molar-refractivity contribution in [1.29, 1.82) is 0 Å². The van der Waals surface area contributed by atoms with Crippen molar-refractivity contribution < 1.29 is 4.52 Å². The lowest BCUT2D eigenvalue weighted by Crippen LogP contribution is -2.44. The van der Waals surface area contributed by atoms with Gasteiger partial charge in [0.1, 0.15) is 0 Å². The third kappa shape index (κ3) is 2.50. The van der Waals surface area contributed by atoms with Gasteiger partial charge in [0.2, 0.25) is 5.89 Å². The quantitative estimate of drug-likeness (QED) is 0.790. The van der Waals surface area contributed by atoms with Crippen LogP contribution in [0.4, 0.5) is 0 Å². The fourth-order valence-electron chi connectivity index (χ4n) is 2.91. The average molecular weight is 324 g/mol. The zero-order chi connectivity index (χ0) is 16.7. The number of aromatic nitrogens is 5. The molecule has 1 fully saturated rings. The Morgan fingerprint density at radius 3 is 2.62 bits per heavy atom. The first-order chi connectivity index (χ1) is 11.5. The number of benzene rings is 1. The maximum absolute atomic E-state index is 6.24. The maximum Gasteiger partial charge on any atom is 0.232 e. The number of aryl methyl sites for hydroxylation is 1. The van der Waals surface area contributed by atoms with E-state index in [2.05, 4.69) is 39.5 Å². The average Bonchev–Trinajstić information content (AvgIpc) is 3.15. The van der Waals surface area contributed by atoms with Gasteiger partial charge < -0.3 is 10.3 Å². The van der Waals surface area contributed by atoms with Crippen molar-refractivity contribution in [3.8, 4) is 5.69 Å². The van der Waals surface area contributed by atoms with E-state index in [1.807, 2.05) is 23.7 Å². The highest BCUT2D eigenvalue weighted by molar-refractivity contribution is 5.35. The molecule has 2 N–H and O–H groups in total. The summed E-state index contributed by atoms with van der Waals surface area (Å²) in [6.07, 6.45) is 3.40. The van der Waals surface area contributed by atoms with Gasteiger partial charge in [0.15, 0.2) is 5.82 Å². The third-order valence-corrected chi connectivity index (χ3v) is 4.75. The summed E-state index contributed by atoms with van der Waals surface area (Å²) >= 11 is 0. The molecule has 1 saturated carbocycles. The molecule has 124 valence electrons. The smallest absolute Gasteiger partial charge is 0.232 e. The lowest BCUT2D eigenvalue weighted by atomic mass is 9.77. The van der Waals surface area contributed by atoms with Crippen LogP contribution in [0.15, 0.2) is 28.8 Å². The van der Waals surface area contributed by atoms with Crippen molar-refractivity contribution in [2.45, 2.75) is 45.1 Å². The second-order valence-electron chi connectivity index (χ2n) is 6.57. The maximum atomic E-state index is 6.24. The van der Waals surface area contributed by atoms with Crippen LogP contribution >= 0.6 is 0 Å². The standard InChI is InChI=1S/C17H20N6O/c1-11-4-6-13(7-5-11)23-12(2)14(20-22-23)10-15-19-16(21-24-15)17(18)8-3-9-17/h4-7H,3,8-10,18H2,1-2H3. The molecule has 0 amide bonds. The van der Waals surface area contributed by atoms with E-state index in [1.54, 1.807) is 0 Å². The molecule has 7 nitrogen and oxygen atoms in total. The summed E-state index contributed by atoms with van der Waals surface area (Å²) in [5.74, 6) is 1.13. The first-order valence-electron chi connectivity index (χ1n) is 8.15. The van der Waals surface area contributed by atoms with Crippen LogP contribution in [0.2, 0.25) is 0 Å². The normalized spacial score (nSPS) is 16.1. The molecule has 7 heteroatoms. The van der Waals surface area contributed by atoms with Crippen molar-refractivity contribution in [2.75, 3.05) is 0 Å². The Morgan fingerprint density at radius 2 is 1.96 bits per heavy atom. The zero-order valence-corrected chi connectivity index (χ0v) is 13.9. The molecule has 24 heavy (non-hydrogen) atoms. The van der Waals surface area contributed by atoms with E-state index in [0.717, 1.165) is 36.3 Å². The van der Waals surface area contributed by atoms with Crippen molar-refractivity contribution in [3.05, 3.63) is 52.9 Å². The number of hydrogen-bond acceptors (Lipinski definition) is 6. The van der Waals surface area contributed by atoms with Crippen LogP contribution in [0.3, 0.4) is 0 Å². The van der Waals surface area contributed by atoms with Crippen molar-refractivity contribution >= 4 is 0 Å². The highest BCUT2D eigenvalue weighted by atomic mass is 16.5. The largest absolute Gasteiger partial charge is 0.339 e. The molecule has 0 spiro atoms. The van der Waals surface area contributed by atoms with Crippen molar-refractivity contribution in [3.63, 3.8) is 0 Å². The molecule has 1 aliphatic rings. The molecular formula is C17H20N6O. The van der Waals surface area contributed by atoms with Crippen LogP contribution in [-0.4, -0.2) is 25.1 Å². The van der Waals surface area contributed by atoms with Gasteiger partial charge in [-0.25, -0.2) is 4.68 Å². The van der Waals surface area contributed by atoms with E-state index in [9.17, 15) is 0 Å². The van der Waals surface area contributed by atoms with Crippen molar-refractivity contribution in [1.82, 2.24) is 25.1 Å². The van der Waals surface area contributed by atoms with Crippen LogP contribution in [-0.2, 0) is 12.0 Å². The van der Waals surface area contributed by atoms with Crippen LogP contribution in [0, 0.1) is 13.8 Å². The first-order valence-corrected chi connectivity index (χ1v) is 8.15. The summed E-state index contributed by atoms with van der Waals surface area (Å²) in [5.41, 5.74) is 9.81. The molecule has 2 aromatic heterocycles. The molecule has 1 aromatic carbocycles. The van der Waals surface area contributed by atoms with Gasteiger partial charge in [-0.2, -0.15) is 4.98 Å². The predicted octanol–water partition coefficient (Wildman–Crippen LogP) is 2.20. The second-order valence-corrected chi connectivity index (χ2v) is 6.57. The van der Waals surface area contributed by atoms with Gasteiger partial charge in [0, 0.05) is 0 Å². The number of nitrogens with two attached hydrogens (primary N) is 1. The fourth-order valence-corrected chi connectivity index (χ4v) is 2.91. The van der Waals surface area contributed by atoms with Crippen LogP contribution in [0.5, 0.6) is 0 Å². The molecule has 0 radical (unpaired) electrons. The summed E-state index contributed by atoms with van der Waals surface area (Å²) in [5, 5.41) is 12.6. The minimum absolute atomic E-state index is 0.406. The monoisotopic (exact) mass is 324 g/mol. The van der Waals surface area contributed by atoms with E-state index >= 15 is 0 Å². The molecule has 0 aliphatic heterocycles. The van der Waals surface area contributed by atoms with Gasteiger partial charge in [0.25, 0.3) is 0 Å².